The third-order valence-electron chi connectivity index (χ3n) is 6.31. The van der Waals surface area contributed by atoms with Crippen LogP contribution >= 0.6 is 22.9 Å². The molecule has 0 radical (unpaired) electrons. The van der Waals surface area contributed by atoms with Crippen LogP contribution in [0.2, 0.25) is 0 Å². The molecule has 1 aliphatic rings. The highest BCUT2D eigenvalue weighted by atomic mass is 32.1. The van der Waals surface area contributed by atoms with Crippen LogP contribution in [0.1, 0.15) is 54.7 Å². The van der Waals surface area contributed by atoms with Gasteiger partial charge < -0.3 is 10.0 Å². The van der Waals surface area contributed by atoms with E-state index in [4.69, 9.17) is 0 Å². The SMILES string of the molecule is Cc1nc([C@H](C(=O)N2C[C@H](O)C[C@H]2C(=O)CCc2ccc(-c3scnc3C)cc2)C(C)C)ns1. The van der Waals surface area contributed by atoms with Crippen molar-refractivity contribution in [2.75, 3.05) is 6.54 Å². The fourth-order valence-corrected chi connectivity index (χ4v) is 5.84. The van der Waals surface area contributed by atoms with Gasteiger partial charge in [0.2, 0.25) is 5.91 Å². The molecule has 34 heavy (non-hydrogen) atoms. The minimum absolute atomic E-state index is 0.0165. The molecule has 0 spiro atoms. The third-order valence-corrected chi connectivity index (χ3v) is 7.92. The van der Waals surface area contributed by atoms with Crippen molar-refractivity contribution in [1.29, 1.82) is 0 Å². The Kier molecular flexibility index (Phi) is 7.54. The predicted octanol–water partition coefficient (Wildman–Crippen LogP) is 4.18. The second kappa shape index (κ2) is 10.4. The van der Waals surface area contributed by atoms with Gasteiger partial charge in [0, 0.05) is 19.4 Å². The lowest BCUT2D eigenvalue weighted by atomic mass is 9.92. The molecule has 4 rings (SSSR count). The predicted molar refractivity (Wildman–Crippen MR) is 134 cm³/mol. The largest absolute Gasteiger partial charge is 0.391 e. The molecule has 3 aromatic rings. The van der Waals surface area contributed by atoms with Crippen molar-refractivity contribution in [2.45, 2.75) is 65.0 Å². The Labute approximate surface area is 208 Å². The number of β-amino-alcohol motifs (C(OH)–C–C–N with tert-alkyl or cyclic N) is 1. The van der Waals surface area contributed by atoms with Crippen molar-refractivity contribution in [2.24, 2.45) is 5.92 Å². The van der Waals surface area contributed by atoms with Crippen molar-refractivity contribution in [1.82, 2.24) is 19.2 Å². The van der Waals surface area contributed by atoms with Crippen molar-refractivity contribution in [3.63, 3.8) is 0 Å². The second-order valence-corrected chi connectivity index (χ2v) is 11.0. The number of aliphatic hydroxyl groups excluding tert-OH is 1. The van der Waals surface area contributed by atoms with Crippen molar-refractivity contribution in [3.8, 4) is 10.4 Å². The summed E-state index contributed by atoms with van der Waals surface area (Å²) >= 11 is 2.89. The number of thiazole rings is 1. The number of aliphatic hydroxyl groups is 1. The van der Waals surface area contributed by atoms with Crippen molar-refractivity contribution in [3.05, 3.63) is 51.9 Å². The second-order valence-electron chi connectivity index (χ2n) is 9.22. The molecule has 3 atom stereocenters. The number of rotatable bonds is 8. The number of aryl methyl sites for hydroxylation is 3. The minimum Gasteiger partial charge on any atom is -0.391 e. The number of carbonyl (C=O) groups is 2. The summed E-state index contributed by atoms with van der Waals surface area (Å²) in [7, 11) is 0. The molecule has 0 aliphatic carbocycles. The highest BCUT2D eigenvalue weighted by Crippen LogP contribution is 2.31. The Morgan fingerprint density at radius 3 is 2.53 bits per heavy atom. The number of hydrogen-bond acceptors (Lipinski definition) is 8. The maximum absolute atomic E-state index is 13.5. The highest BCUT2D eigenvalue weighted by molar-refractivity contribution is 7.13. The van der Waals surface area contributed by atoms with Crippen LogP contribution in [-0.4, -0.2) is 54.7 Å². The van der Waals surface area contributed by atoms with Gasteiger partial charge in [0.1, 0.15) is 10.9 Å². The number of ketones is 1. The molecule has 1 aliphatic heterocycles. The first-order chi connectivity index (χ1) is 16.2. The quantitative estimate of drug-likeness (QED) is 0.500. The molecule has 0 saturated carbocycles. The van der Waals surface area contributed by atoms with Crippen LogP contribution < -0.4 is 0 Å². The number of amides is 1. The maximum atomic E-state index is 13.5. The first-order valence-electron chi connectivity index (χ1n) is 11.6. The van der Waals surface area contributed by atoms with Gasteiger partial charge in [-0.1, -0.05) is 38.1 Å². The zero-order chi connectivity index (χ0) is 24.4. The molecule has 1 fully saturated rings. The third kappa shape index (κ3) is 5.26. The first-order valence-corrected chi connectivity index (χ1v) is 13.2. The van der Waals surface area contributed by atoms with Crippen LogP contribution in [0.15, 0.2) is 29.8 Å². The van der Waals surface area contributed by atoms with E-state index in [9.17, 15) is 14.7 Å². The summed E-state index contributed by atoms with van der Waals surface area (Å²) in [5.74, 6) is -0.223. The van der Waals surface area contributed by atoms with Crippen LogP contribution in [0.25, 0.3) is 10.4 Å². The fraction of sp³-hybridized carbons (Fsp3) is 0.480. The number of Topliss-reactive ketones (excluding diaryl/α,β-unsaturated/α-hetero) is 1. The normalized spacial score (nSPS) is 19.1. The van der Waals surface area contributed by atoms with Gasteiger partial charge >= 0.3 is 0 Å². The Morgan fingerprint density at radius 1 is 1.21 bits per heavy atom. The molecule has 3 heterocycles. The first kappa shape index (κ1) is 24.6. The summed E-state index contributed by atoms with van der Waals surface area (Å²) in [4.78, 5) is 38.1. The molecule has 1 saturated heterocycles. The standard InChI is InChI=1S/C25H30N4O3S2/c1-14(2)22(24-27-16(4)34-28-24)25(32)29-12-19(30)11-20(29)21(31)10-7-17-5-8-18(9-6-17)23-15(3)26-13-33-23/h5-6,8-9,13-14,19-20,22,30H,7,10-12H2,1-4H3/t19-,20+,22-/m1/s1. The van der Waals surface area contributed by atoms with Crippen molar-refractivity contribution < 1.29 is 14.7 Å². The molecule has 0 bridgehead atoms. The minimum atomic E-state index is -0.697. The van der Waals surface area contributed by atoms with Gasteiger partial charge in [0.25, 0.3) is 0 Å². The molecule has 1 N–H and O–H groups in total. The monoisotopic (exact) mass is 498 g/mol. The molecule has 1 aromatic carbocycles. The average molecular weight is 499 g/mol. The van der Waals surface area contributed by atoms with Gasteiger partial charge in [-0.2, -0.15) is 4.37 Å². The number of likely N-dealkylation sites (tertiary alicyclic amines) is 1. The Morgan fingerprint density at radius 2 is 1.94 bits per heavy atom. The van der Waals surface area contributed by atoms with E-state index in [-0.39, 0.29) is 30.6 Å². The smallest absolute Gasteiger partial charge is 0.234 e. The molecule has 2 aromatic heterocycles. The van der Waals surface area contributed by atoms with E-state index < -0.39 is 18.1 Å². The van der Waals surface area contributed by atoms with Gasteiger partial charge in [0.05, 0.1) is 28.2 Å². The van der Waals surface area contributed by atoms with E-state index >= 15 is 0 Å². The summed E-state index contributed by atoms with van der Waals surface area (Å²) in [6, 6.07) is 7.60. The molecular formula is C25H30N4O3S2. The Balaban J connectivity index is 1.43. The number of nitrogens with zero attached hydrogens (tertiary/aromatic N) is 4. The lowest BCUT2D eigenvalue weighted by molar-refractivity contribution is -0.139. The lowest BCUT2D eigenvalue weighted by Crippen LogP contribution is -2.44. The van der Waals surface area contributed by atoms with E-state index in [0.717, 1.165) is 26.7 Å². The van der Waals surface area contributed by atoms with E-state index in [2.05, 4.69) is 26.5 Å². The van der Waals surface area contributed by atoms with Crippen LogP contribution in [0.5, 0.6) is 0 Å². The van der Waals surface area contributed by atoms with E-state index in [1.807, 2.05) is 45.3 Å². The summed E-state index contributed by atoms with van der Waals surface area (Å²) < 4.78 is 4.36. The molecule has 9 heteroatoms. The van der Waals surface area contributed by atoms with E-state index in [0.29, 0.717) is 18.7 Å². The van der Waals surface area contributed by atoms with Crippen LogP contribution in [0.3, 0.4) is 0 Å². The number of carbonyl (C=O) groups excluding carboxylic acids is 2. The fourth-order valence-electron chi connectivity index (χ4n) is 4.51. The van der Waals surface area contributed by atoms with Gasteiger partial charge in [-0.05, 0) is 48.8 Å². The Hall–Kier alpha value is -2.49. The lowest BCUT2D eigenvalue weighted by Gasteiger charge is -2.28. The number of benzene rings is 1. The van der Waals surface area contributed by atoms with Crippen LogP contribution in [-0.2, 0) is 16.0 Å². The summed E-state index contributed by atoms with van der Waals surface area (Å²) in [5, 5.41) is 11.1. The van der Waals surface area contributed by atoms with E-state index in [1.165, 1.54) is 11.5 Å². The zero-order valence-corrected chi connectivity index (χ0v) is 21.5. The maximum Gasteiger partial charge on any atom is 0.234 e. The number of aromatic nitrogens is 3. The molecule has 7 nitrogen and oxygen atoms in total. The Bertz CT molecular complexity index is 1160. The molecule has 1 amide bonds. The zero-order valence-electron chi connectivity index (χ0n) is 19.9. The molecule has 0 unspecified atom stereocenters. The summed E-state index contributed by atoms with van der Waals surface area (Å²) in [6.45, 7) is 7.95. The topological polar surface area (TPSA) is 96.3 Å². The van der Waals surface area contributed by atoms with Gasteiger partial charge in [-0.3, -0.25) is 9.59 Å². The van der Waals surface area contributed by atoms with Gasteiger partial charge in [0.15, 0.2) is 11.6 Å². The average Bonchev–Trinajstić information content (AvgIpc) is 3.52. The molecular weight excluding hydrogens is 468 g/mol. The van der Waals surface area contributed by atoms with Gasteiger partial charge in [-0.15, -0.1) is 11.3 Å². The molecule has 180 valence electrons. The number of hydrogen-bond donors (Lipinski definition) is 1. The van der Waals surface area contributed by atoms with E-state index in [1.54, 1.807) is 16.2 Å². The summed E-state index contributed by atoms with van der Waals surface area (Å²) in [6.07, 6.45) is 0.497. The highest BCUT2D eigenvalue weighted by Gasteiger charge is 2.42. The van der Waals surface area contributed by atoms with Gasteiger partial charge in [-0.25, -0.2) is 9.97 Å². The summed E-state index contributed by atoms with van der Waals surface area (Å²) in [5.41, 5.74) is 5.05. The van der Waals surface area contributed by atoms with Crippen LogP contribution in [0.4, 0.5) is 0 Å². The van der Waals surface area contributed by atoms with Crippen LogP contribution in [0, 0.1) is 19.8 Å². The van der Waals surface area contributed by atoms with Crippen molar-refractivity contribution >= 4 is 34.6 Å².